The average molecular weight is 447 g/mol. The minimum absolute atomic E-state index is 0.0845. The van der Waals surface area contributed by atoms with Crippen molar-refractivity contribution in [1.29, 1.82) is 5.26 Å². The standard InChI is InChI=1S/C24H26N6O3/c1-26-17-7-6-15-11-21(29-19(15)12-17)24(33)30-20(9-14-4-5-14)23(32)28-18(13-25)10-16-3-2-8-27-22(16)31/h6-7,11-12,14,16,18,20,29H,2-5,8-10H2,(H,27,31)(H,28,32)(H,30,33)/t16-,18-,20-/m0/s1. The summed E-state index contributed by atoms with van der Waals surface area (Å²) in [6.07, 6.45) is 4.32. The van der Waals surface area contributed by atoms with Gasteiger partial charge in [-0.3, -0.25) is 14.4 Å². The summed E-state index contributed by atoms with van der Waals surface area (Å²) in [4.78, 5) is 44.3. The van der Waals surface area contributed by atoms with Gasteiger partial charge in [-0.25, -0.2) is 4.85 Å². The Morgan fingerprint density at radius 3 is 2.73 bits per heavy atom. The molecule has 0 radical (unpaired) electrons. The summed E-state index contributed by atoms with van der Waals surface area (Å²) in [5, 5.41) is 18.7. The predicted octanol–water partition coefficient (Wildman–Crippen LogP) is 2.54. The van der Waals surface area contributed by atoms with Crippen molar-refractivity contribution in [2.45, 2.75) is 50.6 Å². The van der Waals surface area contributed by atoms with E-state index in [2.05, 4.69) is 31.8 Å². The van der Waals surface area contributed by atoms with E-state index < -0.39 is 23.9 Å². The summed E-state index contributed by atoms with van der Waals surface area (Å²) in [6, 6.07) is 7.32. The number of benzene rings is 1. The van der Waals surface area contributed by atoms with Gasteiger partial charge in [-0.2, -0.15) is 5.26 Å². The number of fused-ring (bicyclic) bond motifs is 1. The molecule has 2 heterocycles. The summed E-state index contributed by atoms with van der Waals surface area (Å²) in [7, 11) is 0. The van der Waals surface area contributed by atoms with E-state index in [-0.39, 0.29) is 18.2 Å². The largest absolute Gasteiger partial charge is 0.356 e. The highest BCUT2D eigenvalue weighted by Crippen LogP contribution is 2.33. The number of piperidine rings is 1. The van der Waals surface area contributed by atoms with E-state index in [1.54, 1.807) is 24.3 Å². The number of nitrogens with one attached hydrogen (secondary N) is 4. The molecule has 1 aromatic heterocycles. The minimum Gasteiger partial charge on any atom is -0.356 e. The molecule has 9 nitrogen and oxygen atoms in total. The number of amides is 3. The first kappa shape index (κ1) is 22.3. The van der Waals surface area contributed by atoms with Crippen LogP contribution in [0.1, 0.15) is 49.0 Å². The average Bonchev–Trinajstić information content (AvgIpc) is 3.53. The van der Waals surface area contributed by atoms with Crippen molar-refractivity contribution >= 4 is 34.3 Å². The molecular formula is C24H26N6O3. The van der Waals surface area contributed by atoms with Gasteiger partial charge in [-0.1, -0.05) is 25.0 Å². The Labute approximate surface area is 191 Å². The van der Waals surface area contributed by atoms with E-state index in [1.807, 2.05) is 0 Å². The Morgan fingerprint density at radius 2 is 2.03 bits per heavy atom. The zero-order valence-corrected chi connectivity index (χ0v) is 18.2. The van der Waals surface area contributed by atoms with Crippen LogP contribution in [0.15, 0.2) is 24.3 Å². The molecule has 2 aliphatic rings. The number of rotatable bonds is 8. The third-order valence-electron chi connectivity index (χ3n) is 6.26. The molecule has 1 saturated carbocycles. The van der Waals surface area contributed by atoms with Crippen LogP contribution >= 0.6 is 0 Å². The second kappa shape index (κ2) is 9.74. The van der Waals surface area contributed by atoms with Gasteiger partial charge in [0.2, 0.25) is 11.8 Å². The molecule has 170 valence electrons. The van der Waals surface area contributed by atoms with Crippen molar-refractivity contribution < 1.29 is 14.4 Å². The molecule has 0 bridgehead atoms. The number of hydrogen-bond acceptors (Lipinski definition) is 4. The number of H-pyrrole nitrogens is 1. The zero-order valence-electron chi connectivity index (χ0n) is 18.2. The second-order valence-electron chi connectivity index (χ2n) is 8.83. The summed E-state index contributed by atoms with van der Waals surface area (Å²) in [6.45, 7) is 7.77. The Balaban J connectivity index is 1.43. The van der Waals surface area contributed by atoms with Crippen molar-refractivity contribution in [1.82, 2.24) is 20.9 Å². The highest BCUT2D eigenvalue weighted by molar-refractivity contribution is 6.00. The van der Waals surface area contributed by atoms with Crippen LogP contribution in [0.2, 0.25) is 0 Å². The maximum atomic E-state index is 13.0. The van der Waals surface area contributed by atoms with E-state index in [9.17, 15) is 19.6 Å². The van der Waals surface area contributed by atoms with E-state index in [0.717, 1.165) is 24.6 Å². The predicted molar refractivity (Wildman–Crippen MR) is 121 cm³/mol. The van der Waals surface area contributed by atoms with Crippen LogP contribution < -0.4 is 16.0 Å². The van der Waals surface area contributed by atoms with Crippen LogP contribution in [0.4, 0.5) is 5.69 Å². The van der Waals surface area contributed by atoms with Crippen LogP contribution in [0.5, 0.6) is 0 Å². The van der Waals surface area contributed by atoms with Crippen molar-refractivity contribution in [3.05, 3.63) is 41.4 Å². The van der Waals surface area contributed by atoms with Crippen LogP contribution in [0, 0.1) is 29.7 Å². The Hall–Kier alpha value is -3.85. The first-order valence-electron chi connectivity index (χ1n) is 11.3. The quantitative estimate of drug-likeness (QED) is 0.464. The van der Waals surface area contributed by atoms with Gasteiger partial charge in [0.1, 0.15) is 17.8 Å². The summed E-state index contributed by atoms with van der Waals surface area (Å²) in [5.41, 5.74) is 1.44. The van der Waals surface area contributed by atoms with Crippen LogP contribution in [0.3, 0.4) is 0 Å². The SMILES string of the molecule is [C-]#[N+]c1ccc2cc(C(=O)N[C@@H](CC3CC3)C(=O)N[C@H](C#N)C[C@@H]3CCCNC3=O)[nH]c2c1. The molecule has 1 aliphatic heterocycles. The van der Waals surface area contributed by atoms with Crippen LogP contribution in [0.25, 0.3) is 15.7 Å². The number of aromatic nitrogens is 1. The van der Waals surface area contributed by atoms with Gasteiger partial charge in [0.15, 0.2) is 5.69 Å². The number of aromatic amines is 1. The molecule has 2 aromatic rings. The third kappa shape index (κ3) is 5.50. The second-order valence-corrected chi connectivity index (χ2v) is 8.83. The van der Waals surface area contributed by atoms with Crippen molar-refractivity contribution in [2.75, 3.05) is 6.54 Å². The molecular weight excluding hydrogens is 420 g/mol. The molecule has 33 heavy (non-hydrogen) atoms. The first-order chi connectivity index (χ1) is 16.0. The lowest BCUT2D eigenvalue weighted by Crippen LogP contribution is -2.50. The number of carbonyl (C=O) groups is 3. The number of nitrogens with zero attached hydrogens (tertiary/aromatic N) is 2. The Morgan fingerprint density at radius 1 is 1.21 bits per heavy atom. The molecule has 9 heteroatoms. The fourth-order valence-electron chi connectivity index (χ4n) is 4.22. The van der Waals surface area contributed by atoms with Gasteiger partial charge in [0.25, 0.3) is 5.91 Å². The summed E-state index contributed by atoms with van der Waals surface area (Å²) < 4.78 is 0. The topological polar surface area (TPSA) is 131 Å². The third-order valence-corrected chi connectivity index (χ3v) is 6.26. The number of hydrogen-bond donors (Lipinski definition) is 4. The lowest BCUT2D eigenvalue weighted by molar-refractivity contribution is -0.128. The smallest absolute Gasteiger partial charge is 0.268 e. The molecule has 0 spiro atoms. The Bertz CT molecular complexity index is 1150. The summed E-state index contributed by atoms with van der Waals surface area (Å²) in [5.74, 6) is -0.846. The summed E-state index contributed by atoms with van der Waals surface area (Å²) >= 11 is 0. The minimum atomic E-state index is -0.801. The maximum Gasteiger partial charge on any atom is 0.268 e. The molecule has 3 atom stereocenters. The van der Waals surface area contributed by atoms with E-state index in [4.69, 9.17) is 6.57 Å². The van der Waals surface area contributed by atoms with Gasteiger partial charge in [-0.15, -0.1) is 0 Å². The van der Waals surface area contributed by atoms with E-state index in [0.29, 0.717) is 42.2 Å². The zero-order chi connectivity index (χ0) is 23.4. The van der Waals surface area contributed by atoms with Crippen LogP contribution in [-0.4, -0.2) is 41.3 Å². The number of nitriles is 1. The lowest BCUT2D eigenvalue weighted by atomic mass is 9.92. The van der Waals surface area contributed by atoms with E-state index in [1.165, 1.54) is 0 Å². The molecule has 3 amide bonds. The number of carbonyl (C=O) groups excluding carboxylic acids is 3. The van der Waals surface area contributed by atoms with Gasteiger partial charge < -0.3 is 20.9 Å². The van der Waals surface area contributed by atoms with Gasteiger partial charge >= 0.3 is 0 Å². The molecule has 1 aliphatic carbocycles. The lowest BCUT2D eigenvalue weighted by Gasteiger charge is -2.25. The van der Waals surface area contributed by atoms with Crippen molar-refractivity contribution in [3.8, 4) is 6.07 Å². The van der Waals surface area contributed by atoms with E-state index >= 15 is 0 Å². The normalized spacial score (nSPS) is 19.6. The van der Waals surface area contributed by atoms with Gasteiger partial charge in [-0.05, 0) is 49.1 Å². The molecule has 2 fully saturated rings. The first-order valence-corrected chi connectivity index (χ1v) is 11.3. The highest BCUT2D eigenvalue weighted by Gasteiger charge is 2.33. The fraction of sp³-hybridized carbons (Fsp3) is 0.458. The van der Waals surface area contributed by atoms with Gasteiger partial charge in [0.05, 0.1) is 12.6 Å². The van der Waals surface area contributed by atoms with Crippen LogP contribution in [-0.2, 0) is 9.59 Å². The fourth-order valence-corrected chi connectivity index (χ4v) is 4.22. The molecule has 0 unspecified atom stereocenters. The molecule has 1 aromatic carbocycles. The highest BCUT2D eigenvalue weighted by atomic mass is 16.2. The van der Waals surface area contributed by atoms with Crippen molar-refractivity contribution in [3.63, 3.8) is 0 Å². The monoisotopic (exact) mass is 446 g/mol. The maximum absolute atomic E-state index is 13.0. The van der Waals surface area contributed by atoms with Crippen molar-refractivity contribution in [2.24, 2.45) is 11.8 Å². The van der Waals surface area contributed by atoms with Gasteiger partial charge in [0, 0.05) is 18.0 Å². The molecule has 4 rings (SSSR count). The molecule has 1 saturated heterocycles. The Kier molecular flexibility index (Phi) is 6.60. The molecule has 4 N–H and O–H groups in total.